The molecule has 0 heterocycles. The molecule has 0 bridgehead atoms. The van der Waals surface area contributed by atoms with Gasteiger partial charge < -0.3 is 14.7 Å². The molecule has 7 heavy (non-hydrogen) atoms. The Morgan fingerprint density at radius 3 is 1.14 bits per heavy atom. The maximum atomic E-state index is 8.88. The van der Waals surface area contributed by atoms with Crippen molar-refractivity contribution in [2.45, 2.75) is 0 Å². The Balaban J connectivity index is -0.0000000800. The van der Waals surface area contributed by atoms with Crippen molar-refractivity contribution in [1.29, 1.82) is 0 Å². The second kappa shape index (κ2) is 5.84. The zero-order chi connectivity index (χ0) is 4.50. The summed E-state index contributed by atoms with van der Waals surface area (Å²) in [4.78, 5) is 21.6. The Bertz CT molecular complexity index is 57.8. The number of hydrogen-bond donors (Lipinski definition) is 3. The Labute approximate surface area is 75.0 Å². The number of phosphoric acid groups is 1. The van der Waals surface area contributed by atoms with Gasteiger partial charge in [-0.2, -0.15) is 0 Å². The van der Waals surface area contributed by atoms with Crippen molar-refractivity contribution >= 4 is 56.2 Å². The fourth-order valence-corrected chi connectivity index (χ4v) is 0. The topological polar surface area (TPSA) is 77.8 Å². The molecule has 0 radical (unpaired) electrons. The van der Waals surface area contributed by atoms with Gasteiger partial charge >= 0.3 is 56.2 Å². The van der Waals surface area contributed by atoms with E-state index in [-0.39, 0.29) is 48.4 Å². The Kier molecular flexibility index (Phi) is 13.2. The normalized spacial score (nSPS) is 8.43. The molecule has 0 atom stereocenters. The van der Waals surface area contributed by atoms with Crippen LogP contribution in [0.15, 0.2) is 0 Å². The van der Waals surface area contributed by atoms with E-state index in [2.05, 4.69) is 0 Å². The fourth-order valence-electron chi connectivity index (χ4n) is 0. The van der Waals surface area contributed by atoms with Crippen LogP contribution in [0.5, 0.6) is 0 Å². The van der Waals surface area contributed by atoms with E-state index in [1.807, 2.05) is 0 Å². The molecule has 0 aromatic carbocycles. The van der Waals surface area contributed by atoms with Crippen molar-refractivity contribution in [2.24, 2.45) is 0 Å². The van der Waals surface area contributed by atoms with Crippen LogP contribution in [0.1, 0.15) is 0 Å². The van der Waals surface area contributed by atoms with Gasteiger partial charge in [0.25, 0.3) is 0 Å². The first-order chi connectivity index (χ1) is 2.00. The second-order valence-corrected chi connectivity index (χ2v) is 1.54. The first-order valence-electron chi connectivity index (χ1n) is 0.783. The molecule has 0 aliphatic rings. The summed E-state index contributed by atoms with van der Waals surface area (Å²) in [5.74, 6) is 0. The molecule has 0 saturated heterocycles. The zero-order valence-corrected chi connectivity index (χ0v) is 3.09. The Morgan fingerprint density at radius 2 is 1.14 bits per heavy atom. The Morgan fingerprint density at radius 1 is 1.14 bits per heavy atom. The third-order valence-corrected chi connectivity index (χ3v) is 0. The molecule has 0 fully saturated rings. The molecule has 7 heteroatoms. The summed E-state index contributed by atoms with van der Waals surface area (Å²) in [7, 11) is -4.64. The van der Waals surface area contributed by atoms with Gasteiger partial charge in [-0.15, -0.1) is 0 Å². The van der Waals surface area contributed by atoms with Crippen LogP contribution in [0.4, 0.5) is 0 Å². The number of rotatable bonds is 0. The van der Waals surface area contributed by atoms with Crippen LogP contribution in [0, 0.1) is 0 Å². The van der Waals surface area contributed by atoms with Gasteiger partial charge in [0, 0.05) is 0 Å². The predicted octanol–water partition coefficient (Wildman–Crippen LogP) is -2.23. The molecule has 0 rings (SSSR count). The van der Waals surface area contributed by atoms with Crippen LogP contribution in [-0.2, 0) is 4.57 Å². The van der Waals surface area contributed by atoms with E-state index in [1.54, 1.807) is 0 Å². The van der Waals surface area contributed by atoms with E-state index in [4.69, 9.17) is 19.2 Å². The minimum atomic E-state index is -4.64. The summed E-state index contributed by atoms with van der Waals surface area (Å²) in [6.45, 7) is 0. The standard InChI is InChI=1S/Li.Na.H3O4P.2H/c;;1-5(2,3)4;;/h;;(H3,1,2,3,4);;. The molecule has 0 aromatic rings. The fraction of sp³-hybridized carbons (Fsp3) is 0. The number of hydrogen-bond acceptors (Lipinski definition) is 1. The molecule has 0 aromatic heterocycles. The molecular formula is H5LiNaO4P. The van der Waals surface area contributed by atoms with Crippen molar-refractivity contribution in [2.75, 3.05) is 0 Å². The van der Waals surface area contributed by atoms with Gasteiger partial charge in [0.2, 0.25) is 0 Å². The average Bonchev–Trinajstić information content (AvgIpc) is 0.722. The quantitative estimate of drug-likeness (QED) is 0.256. The summed E-state index contributed by atoms with van der Waals surface area (Å²) in [5, 5.41) is 0. The van der Waals surface area contributed by atoms with Crippen LogP contribution >= 0.6 is 7.82 Å². The minimum absolute atomic E-state index is 0. The van der Waals surface area contributed by atoms with Crippen LogP contribution in [0.2, 0.25) is 0 Å². The predicted molar refractivity (Wildman–Crippen MR) is 28.6 cm³/mol. The van der Waals surface area contributed by atoms with Gasteiger partial charge in [-0.05, 0) is 0 Å². The third-order valence-electron chi connectivity index (χ3n) is 0. The SMILES string of the molecule is O=P(O)(O)O.[LiH].[NaH]. The third kappa shape index (κ3) is 86.1. The first kappa shape index (κ1) is 15.9. The van der Waals surface area contributed by atoms with Crippen LogP contribution in [-0.4, -0.2) is 63.1 Å². The van der Waals surface area contributed by atoms with Gasteiger partial charge in [0.15, 0.2) is 0 Å². The average molecular weight is 130 g/mol. The van der Waals surface area contributed by atoms with E-state index in [0.29, 0.717) is 0 Å². The summed E-state index contributed by atoms with van der Waals surface area (Å²) in [6, 6.07) is 0. The van der Waals surface area contributed by atoms with Gasteiger partial charge in [0.1, 0.15) is 0 Å². The first-order valence-corrected chi connectivity index (χ1v) is 2.35. The summed E-state index contributed by atoms with van der Waals surface area (Å²) < 4.78 is 8.88. The van der Waals surface area contributed by atoms with Crippen LogP contribution in [0.25, 0.3) is 0 Å². The molecule has 0 spiro atoms. The monoisotopic (exact) mass is 130 g/mol. The van der Waals surface area contributed by atoms with E-state index < -0.39 is 7.82 Å². The molecule has 4 nitrogen and oxygen atoms in total. The maximum absolute atomic E-state index is 8.88. The molecule has 3 N–H and O–H groups in total. The van der Waals surface area contributed by atoms with E-state index in [1.165, 1.54) is 0 Å². The molecule has 36 valence electrons. The van der Waals surface area contributed by atoms with Crippen LogP contribution < -0.4 is 0 Å². The van der Waals surface area contributed by atoms with Gasteiger partial charge in [0.05, 0.1) is 0 Å². The van der Waals surface area contributed by atoms with Crippen molar-refractivity contribution in [1.82, 2.24) is 0 Å². The van der Waals surface area contributed by atoms with E-state index in [9.17, 15) is 0 Å². The van der Waals surface area contributed by atoms with E-state index in [0.717, 1.165) is 0 Å². The van der Waals surface area contributed by atoms with Crippen molar-refractivity contribution in [3.63, 3.8) is 0 Å². The molecular weight excluding hydrogens is 125 g/mol. The summed E-state index contributed by atoms with van der Waals surface area (Å²) in [6.07, 6.45) is 0. The zero-order valence-electron chi connectivity index (χ0n) is 2.20. The molecule has 0 amide bonds. The molecule has 0 aliphatic heterocycles. The molecule has 0 unspecified atom stereocenters. The van der Waals surface area contributed by atoms with Crippen LogP contribution in [0.3, 0.4) is 0 Å². The molecule has 0 saturated carbocycles. The van der Waals surface area contributed by atoms with Gasteiger partial charge in [-0.1, -0.05) is 0 Å². The summed E-state index contributed by atoms with van der Waals surface area (Å²) in [5.41, 5.74) is 0. The second-order valence-electron chi connectivity index (χ2n) is 0.513. The van der Waals surface area contributed by atoms with Gasteiger partial charge in [-0.3, -0.25) is 0 Å². The van der Waals surface area contributed by atoms with Crippen molar-refractivity contribution in [3.05, 3.63) is 0 Å². The summed E-state index contributed by atoms with van der Waals surface area (Å²) >= 11 is 0. The Hall–Kier alpha value is 1.71. The van der Waals surface area contributed by atoms with Crippen molar-refractivity contribution < 1.29 is 19.2 Å². The molecule has 0 aliphatic carbocycles. The van der Waals surface area contributed by atoms with E-state index >= 15 is 0 Å². The van der Waals surface area contributed by atoms with Crippen molar-refractivity contribution in [3.8, 4) is 0 Å². The van der Waals surface area contributed by atoms with Gasteiger partial charge in [-0.25, -0.2) is 4.57 Å².